The van der Waals surface area contributed by atoms with Crippen LogP contribution in [0.25, 0.3) is 20.7 Å². The Morgan fingerprint density at radius 3 is 2.55 bits per heavy atom. The summed E-state index contributed by atoms with van der Waals surface area (Å²) < 4.78 is 3.07. The van der Waals surface area contributed by atoms with Crippen LogP contribution in [-0.2, 0) is 18.4 Å². The number of hydrogen-bond donors (Lipinski definition) is 1. The lowest BCUT2D eigenvalue weighted by Gasteiger charge is -2.08. The summed E-state index contributed by atoms with van der Waals surface area (Å²) >= 11 is 1.49. The van der Waals surface area contributed by atoms with Gasteiger partial charge in [0.2, 0.25) is 5.91 Å². The van der Waals surface area contributed by atoms with Crippen LogP contribution < -0.4 is 10.9 Å². The number of fused-ring (bicyclic) bond motifs is 1. The second-order valence-corrected chi connectivity index (χ2v) is 8.00. The zero-order valence-electron chi connectivity index (χ0n) is 16.7. The third kappa shape index (κ3) is 3.36. The topological polar surface area (TPSA) is 81.8 Å². The highest BCUT2D eigenvalue weighted by atomic mass is 32.1. The molecule has 3 heterocycles. The van der Waals surface area contributed by atoms with E-state index in [-0.39, 0.29) is 18.0 Å². The Bertz CT molecular complexity index is 1280. The van der Waals surface area contributed by atoms with Crippen LogP contribution in [-0.4, -0.2) is 25.2 Å². The van der Waals surface area contributed by atoms with Crippen molar-refractivity contribution in [2.45, 2.75) is 27.3 Å². The lowest BCUT2D eigenvalue weighted by molar-refractivity contribution is -0.116. The molecule has 0 unspecified atom stereocenters. The highest BCUT2D eigenvalue weighted by molar-refractivity contribution is 7.22. The summed E-state index contributed by atoms with van der Waals surface area (Å²) in [5.41, 5.74) is 4.01. The molecule has 0 saturated heterocycles. The van der Waals surface area contributed by atoms with Crippen LogP contribution in [0.5, 0.6) is 0 Å². The molecule has 0 aliphatic carbocycles. The van der Waals surface area contributed by atoms with Crippen LogP contribution in [0.15, 0.2) is 41.5 Å². The normalized spacial score (nSPS) is 11.2. The van der Waals surface area contributed by atoms with Gasteiger partial charge in [-0.1, -0.05) is 30.3 Å². The largest absolute Gasteiger partial charge is 0.321 e. The number of hydrogen-bond acceptors (Lipinski definition) is 5. The first-order valence-corrected chi connectivity index (χ1v) is 10.0. The molecule has 1 N–H and O–H groups in total. The first-order chi connectivity index (χ1) is 13.9. The van der Waals surface area contributed by atoms with Gasteiger partial charge in [0.1, 0.15) is 11.4 Å². The number of thiophene rings is 1. The van der Waals surface area contributed by atoms with Crippen molar-refractivity contribution < 1.29 is 4.79 Å². The number of nitrogens with zero attached hydrogens (tertiary/aromatic N) is 4. The molecular weight excluding hydrogens is 386 g/mol. The molecule has 0 radical (unpaired) electrons. The van der Waals surface area contributed by atoms with Crippen molar-refractivity contribution in [2.24, 2.45) is 7.05 Å². The molecular formula is C21H21N5O2S. The predicted molar refractivity (Wildman–Crippen MR) is 115 cm³/mol. The third-order valence-corrected chi connectivity index (χ3v) is 6.29. The molecule has 0 spiro atoms. The fourth-order valence-corrected chi connectivity index (χ4v) is 4.57. The monoisotopic (exact) mass is 407 g/mol. The van der Waals surface area contributed by atoms with Crippen molar-refractivity contribution >= 4 is 33.1 Å². The molecule has 29 heavy (non-hydrogen) atoms. The number of carbonyl (C=O) groups is 1. The molecule has 148 valence electrons. The maximum absolute atomic E-state index is 13.1. The van der Waals surface area contributed by atoms with Gasteiger partial charge < -0.3 is 5.32 Å². The number of benzene rings is 1. The van der Waals surface area contributed by atoms with Crippen molar-refractivity contribution in [3.63, 3.8) is 0 Å². The Kier molecular flexibility index (Phi) is 4.79. The molecule has 0 atom stereocenters. The summed E-state index contributed by atoms with van der Waals surface area (Å²) in [6.07, 6.45) is 1.44. The second-order valence-electron chi connectivity index (χ2n) is 7.00. The van der Waals surface area contributed by atoms with E-state index in [1.54, 1.807) is 4.68 Å². The van der Waals surface area contributed by atoms with Crippen molar-refractivity contribution in [2.75, 3.05) is 5.32 Å². The quantitative estimate of drug-likeness (QED) is 0.562. The average molecular weight is 407 g/mol. The van der Waals surface area contributed by atoms with Gasteiger partial charge in [0.25, 0.3) is 5.56 Å². The van der Waals surface area contributed by atoms with Gasteiger partial charge in [-0.2, -0.15) is 5.10 Å². The Morgan fingerprint density at radius 2 is 1.90 bits per heavy atom. The van der Waals surface area contributed by atoms with E-state index in [1.165, 1.54) is 22.2 Å². The van der Waals surface area contributed by atoms with E-state index in [0.29, 0.717) is 15.9 Å². The van der Waals surface area contributed by atoms with E-state index in [1.807, 2.05) is 58.2 Å². The van der Waals surface area contributed by atoms with Crippen molar-refractivity contribution in [1.82, 2.24) is 19.3 Å². The minimum absolute atomic E-state index is 0.106. The van der Waals surface area contributed by atoms with Gasteiger partial charge in [0.05, 0.1) is 28.8 Å². The standard InChI is InChI=1S/C21H21N5O2S/c1-12-17-20(29-19(12)15-8-6-5-7-9-15)22-11-26(21(17)28)10-16(27)23-18-13(2)24-25(4)14(18)3/h5-9,11H,10H2,1-4H3,(H,23,27). The number of aromatic nitrogens is 4. The average Bonchev–Trinajstić information content (AvgIpc) is 3.16. The van der Waals surface area contributed by atoms with Gasteiger partial charge in [0.15, 0.2) is 0 Å². The molecule has 0 aliphatic heterocycles. The highest BCUT2D eigenvalue weighted by Crippen LogP contribution is 2.35. The molecule has 4 aromatic rings. The lowest BCUT2D eigenvalue weighted by atomic mass is 10.1. The number of rotatable bonds is 4. The van der Waals surface area contributed by atoms with E-state index in [4.69, 9.17) is 0 Å². The first kappa shape index (κ1) is 19.1. The zero-order valence-corrected chi connectivity index (χ0v) is 17.5. The van der Waals surface area contributed by atoms with Crippen molar-refractivity contribution in [1.29, 1.82) is 0 Å². The van der Waals surface area contributed by atoms with E-state index in [0.717, 1.165) is 27.4 Å². The number of anilines is 1. The maximum atomic E-state index is 13.1. The summed E-state index contributed by atoms with van der Waals surface area (Å²) in [5, 5.41) is 7.72. The summed E-state index contributed by atoms with van der Waals surface area (Å²) in [4.78, 5) is 31.8. The van der Waals surface area contributed by atoms with E-state index >= 15 is 0 Å². The fourth-order valence-electron chi connectivity index (χ4n) is 3.42. The minimum atomic E-state index is -0.288. The molecule has 7 nitrogen and oxygen atoms in total. The molecule has 3 aromatic heterocycles. The lowest BCUT2D eigenvalue weighted by Crippen LogP contribution is -2.28. The number of amides is 1. The Labute approximate surface area is 171 Å². The van der Waals surface area contributed by atoms with Crippen LogP contribution in [0, 0.1) is 20.8 Å². The zero-order chi connectivity index (χ0) is 20.7. The molecule has 0 fully saturated rings. The molecule has 8 heteroatoms. The maximum Gasteiger partial charge on any atom is 0.262 e. The predicted octanol–water partition coefficient (Wildman–Crippen LogP) is 3.42. The van der Waals surface area contributed by atoms with Gasteiger partial charge in [-0.25, -0.2) is 4.98 Å². The van der Waals surface area contributed by atoms with Crippen LogP contribution in [0.4, 0.5) is 5.69 Å². The second kappa shape index (κ2) is 7.29. The Balaban J connectivity index is 1.67. The van der Waals surface area contributed by atoms with E-state index in [9.17, 15) is 9.59 Å². The number of aryl methyl sites for hydroxylation is 3. The van der Waals surface area contributed by atoms with Crippen LogP contribution in [0.1, 0.15) is 17.0 Å². The van der Waals surface area contributed by atoms with Gasteiger partial charge in [-0.3, -0.25) is 18.8 Å². The molecule has 0 saturated carbocycles. The molecule has 0 aliphatic rings. The van der Waals surface area contributed by atoms with Gasteiger partial charge in [-0.15, -0.1) is 11.3 Å². The highest BCUT2D eigenvalue weighted by Gasteiger charge is 2.18. The van der Waals surface area contributed by atoms with Gasteiger partial charge in [0, 0.05) is 11.9 Å². The molecule has 1 aromatic carbocycles. The molecule has 1 amide bonds. The summed E-state index contributed by atoms with van der Waals surface area (Å²) in [7, 11) is 1.82. The van der Waals surface area contributed by atoms with Crippen LogP contribution in [0.3, 0.4) is 0 Å². The smallest absolute Gasteiger partial charge is 0.262 e. The fraction of sp³-hybridized carbons (Fsp3) is 0.238. The Morgan fingerprint density at radius 1 is 1.17 bits per heavy atom. The third-order valence-electron chi connectivity index (χ3n) is 5.04. The SMILES string of the molecule is Cc1nn(C)c(C)c1NC(=O)Cn1cnc2sc(-c3ccccc3)c(C)c2c1=O. The molecule has 4 rings (SSSR count). The summed E-state index contributed by atoms with van der Waals surface area (Å²) in [6, 6.07) is 9.93. The summed E-state index contributed by atoms with van der Waals surface area (Å²) in [5.74, 6) is -0.288. The van der Waals surface area contributed by atoms with E-state index in [2.05, 4.69) is 15.4 Å². The Hall–Kier alpha value is -3.26. The van der Waals surface area contributed by atoms with Gasteiger partial charge >= 0.3 is 0 Å². The first-order valence-electron chi connectivity index (χ1n) is 9.20. The molecule has 0 bridgehead atoms. The number of nitrogens with one attached hydrogen (secondary N) is 1. The van der Waals surface area contributed by atoms with Crippen molar-refractivity contribution in [3.05, 3.63) is 64.0 Å². The summed E-state index contributed by atoms with van der Waals surface area (Å²) in [6.45, 7) is 5.54. The minimum Gasteiger partial charge on any atom is -0.321 e. The van der Waals surface area contributed by atoms with Gasteiger partial charge in [-0.05, 0) is 31.9 Å². The number of carbonyl (C=O) groups excluding carboxylic acids is 1. The van der Waals surface area contributed by atoms with E-state index < -0.39 is 0 Å². The van der Waals surface area contributed by atoms with Crippen LogP contribution in [0.2, 0.25) is 0 Å². The van der Waals surface area contributed by atoms with Crippen LogP contribution >= 0.6 is 11.3 Å². The van der Waals surface area contributed by atoms with Crippen molar-refractivity contribution in [3.8, 4) is 10.4 Å².